The molecule has 120 valence electrons. The lowest BCUT2D eigenvalue weighted by Crippen LogP contribution is -2.36. The topological polar surface area (TPSA) is 41.6 Å². The van der Waals surface area contributed by atoms with Crippen LogP contribution in [0.2, 0.25) is 0 Å². The molecule has 0 radical (unpaired) electrons. The molecule has 1 N–H and O–H groups in total. The van der Waals surface area contributed by atoms with Crippen LogP contribution < -0.4 is 10.2 Å². The van der Waals surface area contributed by atoms with E-state index in [1.807, 2.05) is 24.3 Å². The van der Waals surface area contributed by atoms with Crippen molar-refractivity contribution in [3.05, 3.63) is 65.5 Å². The van der Waals surface area contributed by atoms with E-state index in [-0.39, 0.29) is 11.7 Å². The second kappa shape index (κ2) is 7.24. The fraction of sp³-hybridized carbons (Fsp3) is 0.278. The van der Waals surface area contributed by atoms with Gasteiger partial charge in [0.1, 0.15) is 5.82 Å². The zero-order valence-corrected chi connectivity index (χ0v) is 12.8. The average Bonchev–Trinajstić information content (AvgIpc) is 2.61. The number of rotatable bonds is 4. The van der Waals surface area contributed by atoms with Gasteiger partial charge in [-0.15, -0.1) is 0 Å². The van der Waals surface area contributed by atoms with Crippen LogP contribution in [0.1, 0.15) is 15.9 Å². The lowest BCUT2D eigenvalue weighted by Gasteiger charge is -2.28. The summed E-state index contributed by atoms with van der Waals surface area (Å²) in [5, 5.41) is 2.80. The highest BCUT2D eigenvalue weighted by atomic mass is 19.1. The van der Waals surface area contributed by atoms with E-state index in [0.29, 0.717) is 12.1 Å². The molecule has 0 aliphatic carbocycles. The molecule has 23 heavy (non-hydrogen) atoms. The van der Waals surface area contributed by atoms with E-state index in [1.54, 1.807) is 12.1 Å². The number of halogens is 1. The number of carbonyl (C=O) groups excluding carboxylic acids is 1. The minimum Gasteiger partial charge on any atom is -0.378 e. The number of hydrogen-bond acceptors (Lipinski definition) is 3. The normalized spacial score (nSPS) is 14.6. The van der Waals surface area contributed by atoms with E-state index in [1.165, 1.54) is 12.1 Å². The third-order valence-electron chi connectivity index (χ3n) is 3.85. The zero-order chi connectivity index (χ0) is 16.1. The maximum Gasteiger partial charge on any atom is 0.251 e. The Balaban J connectivity index is 1.59. The van der Waals surface area contributed by atoms with Gasteiger partial charge in [0.05, 0.1) is 13.2 Å². The lowest BCUT2D eigenvalue weighted by molar-refractivity contribution is 0.0950. The molecule has 1 fully saturated rings. The molecule has 0 saturated carbocycles. The van der Waals surface area contributed by atoms with Crippen LogP contribution in [0.4, 0.5) is 10.1 Å². The van der Waals surface area contributed by atoms with Crippen molar-refractivity contribution in [2.24, 2.45) is 0 Å². The Labute approximate surface area is 134 Å². The van der Waals surface area contributed by atoms with Gasteiger partial charge in [0.15, 0.2) is 0 Å². The van der Waals surface area contributed by atoms with Gasteiger partial charge >= 0.3 is 0 Å². The summed E-state index contributed by atoms with van der Waals surface area (Å²) in [6.45, 7) is 3.50. The van der Waals surface area contributed by atoms with Gasteiger partial charge in [-0.1, -0.05) is 12.1 Å². The van der Waals surface area contributed by atoms with Crippen LogP contribution in [-0.2, 0) is 11.3 Å². The Kier molecular flexibility index (Phi) is 4.88. The summed E-state index contributed by atoms with van der Waals surface area (Å²) < 4.78 is 18.4. The van der Waals surface area contributed by atoms with Crippen molar-refractivity contribution in [3.8, 4) is 0 Å². The van der Waals surface area contributed by atoms with Crippen molar-refractivity contribution in [3.63, 3.8) is 0 Å². The zero-order valence-electron chi connectivity index (χ0n) is 12.8. The third-order valence-corrected chi connectivity index (χ3v) is 3.85. The summed E-state index contributed by atoms with van der Waals surface area (Å²) in [7, 11) is 0. The van der Waals surface area contributed by atoms with Crippen LogP contribution in [0.3, 0.4) is 0 Å². The van der Waals surface area contributed by atoms with E-state index in [9.17, 15) is 9.18 Å². The Hall–Kier alpha value is -2.40. The van der Waals surface area contributed by atoms with Gasteiger partial charge < -0.3 is 15.0 Å². The molecular formula is C18H19FN2O2. The molecule has 0 aromatic heterocycles. The van der Waals surface area contributed by atoms with Gasteiger partial charge in [-0.05, 0) is 42.0 Å². The predicted molar refractivity (Wildman–Crippen MR) is 87.0 cm³/mol. The number of benzene rings is 2. The minimum absolute atomic E-state index is 0.164. The Morgan fingerprint density at radius 1 is 1.13 bits per heavy atom. The van der Waals surface area contributed by atoms with Crippen molar-refractivity contribution >= 4 is 11.6 Å². The van der Waals surface area contributed by atoms with Crippen molar-refractivity contribution < 1.29 is 13.9 Å². The van der Waals surface area contributed by atoms with Crippen LogP contribution in [0.15, 0.2) is 48.5 Å². The first-order chi connectivity index (χ1) is 11.2. The van der Waals surface area contributed by atoms with E-state index in [4.69, 9.17) is 4.74 Å². The molecule has 1 aliphatic rings. The summed E-state index contributed by atoms with van der Waals surface area (Å²) in [5.41, 5.74) is 2.43. The van der Waals surface area contributed by atoms with Gasteiger partial charge in [0.25, 0.3) is 5.91 Å². The highest BCUT2D eigenvalue weighted by Gasteiger charge is 2.12. The van der Waals surface area contributed by atoms with Crippen LogP contribution in [0.5, 0.6) is 0 Å². The molecule has 0 bridgehead atoms. The molecule has 3 rings (SSSR count). The standard InChI is InChI=1S/C18H19FN2O2/c19-16-3-1-2-14(12-16)13-20-18(22)15-4-6-17(7-5-15)21-8-10-23-11-9-21/h1-7,12H,8-11,13H2,(H,20,22). The van der Waals surface area contributed by atoms with Gasteiger partial charge in [0, 0.05) is 30.9 Å². The number of morpholine rings is 1. The first-order valence-electron chi connectivity index (χ1n) is 7.68. The third kappa shape index (κ3) is 4.07. The number of nitrogens with zero attached hydrogens (tertiary/aromatic N) is 1. The molecule has 2 aromatic rings. The first-order valence-corrected chi connectivity index (χ1v) is 7.68. The van der Waals surface area contributed by atoms with E-state index in [2.05, 4.69) is 10.2 Å². The maximum absolute atomic E-state index is 13.1. The summed E-state index contributed by atoms with van der Waals surface area (Å²) in [6, 6.07) is 13.7. The van der Waals surface area contributed by atoms with Crippen molar-refractivity contribution in [1.29, 1.82) is 0 Å². The molecular weight excluding hydrogens is 295 g/mol. The number of carbonyl (C=O) groups is 1. The molecule has 1 heterocycles. The van der Waals surface area contributed by atoms with Crippen LogP contribution in [0, 0.1) is 5.82 Å². The van der Waals surface area contributed by atoms with Crippen LogP contribution in [0.25, 0.3) is 0 Å². The molecule has 1 aliphatic heterocycles. The Morgan fingerprint density at radius 3 is 2.57 bits per heavy atom. The largest absolute Gasteiger partial charge is 0.378 e. The molecule has 5 heteroatoms. The van der Waals surface area contributed by atoms with Crippen molar-refractivity contribution in [2.75, 3.05) is 31.2 Å². The number of amides is 1. The summed E-state index contributed by atoms with van der Waals surface area (Å²) in [6.07, 6.45) is 0. The summed E-state index contributed by atoms with van der Waals surface area (Å²) >= 11 is 0. The minimum atomic E-state index is -0.299. The molecule has 0 atom stereocenters. The smallest absolute Gasteiger partial charge is 0.251 e. The number of anilines is 1. The van der Waals surface area contributed by atoms with E-state index in [0.717, 1.165) is 37.6 Å². The highest BCUT2D eigenvalue weighted by molar-refractivity contribution is 5.94. The monoisotopic (exact) mass is 314 g/mol. The summed E-state index contributed by atoms with van der Waals surface area (Å²) in [4.78, 5) is 14.4. The fourth-order valence-electron chi connectivity index (χ4n) is 2.58. The van der Waals surface area contributed by atoms with E-state index < -0.39 is 0 Å². The van der Waals surface area contributed by atoms with Crippen LogP contribution in [-0.4, -0.2) is 32.2 Å². The second-order valence-corrected chi connectivity index (χ2v) is 5.46. The van der Waals surface area contributed by atoms with Crippen molar-refractivity contribution in [2.45, 2.75) is 6.54 Å². The molecule has 2 aromatic carbocycles. The van der Waals surface area contributed by atoms with Gasteiger partial charge in [0.2, 0.25) is 0 Å². The van der Waals surface area contributed by atoms with Crippen molar-refractivity contribution in [1.82, 2.24) is 5.32 Å². The van der Waals surface area contributed by atoms with Gasteiger partial charge in [-0.25, -0.2) is 4.39 Å². The fourth-order valence-corrected chi connectivity index (χ4v) is 2.58. The second-order valence-electron chi connectivity index (χ2n) is 5.46. The quantitative estimate of drug-likeness (QED) is 0.943. The SMILES string of the molecule is O=C(NCc1cccc(F)c1)c1ccc(N2CCOCC2)cc1. The average molecular weight is 314 g/mol. The highest BCUT2D eigenvalue weighted by Crippen LogP contribution is 2.16. The van der Waals surface area contributed by atoms with E-state index >= 15 is 0 Å². The van der Waals surface area contributed by atoms with Gasteiger partial charge in [-0.3, -0.25) is 4.79 Å². The number of hydrogen-bond donors (Lipinski definition) is 1. The first kappa shape index (κ1) is 15.5. The Morgan fingerprint density at radius 2 is 1.87 bits per heavy atom. The molecule has 0 unspecified atom stereocenters. The molecule has 1 amide bonds. The summed E-state index contributed by atoms with van der Waals surface area (Å²) in [5.74, 6) is -0.464. The predicted octanol–water partition coefficient (Wildman–Crippen LogP) is 2.59. The number of ether oxygens (including phenoxy) is 1. The Bertz CT molecular complexity index is 667. The van der Waals surface area contributed by atoms with Crippen LogP contribution >= 0.6 is 0 Å². The number of nitrogens with one attached hydrogen (secondary N) is 1. The van der Waals surface area contributed by atoms with Gasteiger partial charge in [-0.2, -0.15) is 0 Å². The lowest BCUT2D eigenvalue weighted by atomic mass is 10.1. The maximum atomic E-state index is 13.1. The molecule has 4 nitrogen and oxygen atoms in total. The molecule has 0 spiro atoms. The molecule has 1 saturated heterocycles.